The van der Waals surface area contributed by atoms with Crippen molar-refractivity contribution in [2.24, 2.45) is 23.7 Å². The highest BCUT2D eigenvalue weighted by atomic mass is 16.6. The highest BCUT2D eigenvalue weighted by Gasteiger charge is 2.44. The molecule has 0 spiro atoms. The minimum atomic E-state index is -1.18. The quantitative estimate of drug-likeness (QED) is 0.131. The maximum absolute atomic E-state index is 12.5. The zero-order chi connectivity index (χ0) is 30.7. The van der Waals surface area contributed by atoms with Crippen LogP contribution in [0.15, 0.2) is 24.3 Å². The molecule has 6 atom stereocenters. The van der Waals surface area contributed by atoms with Crippen LogP contribution < -0.4 is 0 Å². The van der Waals surface area contributed by atoms with Crippen molar-refractivity contribution >= 4 is 35.8 Å². The standard InChI is InChI=1S/C28H38O13/c1-15(2)25(33)37-9-11-39-27(35)19-7-5-17(13-21(19)23(29)30)41-18-6-8-20(22(14-18)24(31)32)28(36)40-12-10-38-26(34)16(3)4/h17-22H,1,3,5-14H2,2,4H3,(H,29,30)(H,31,32). The summed E-state index contributed by atoms with van der Waals surface area (Å²) in [4.78, 5) is 71.8. The molecule has 2 fully saturated rings. The second-order valence-electron chi connectivity index (χ2n) is 10.3. The summed E-state index contributed by atoms with van der Waals surface area (Å²) >= 11 is 0. The number of carboxylic acid groups (broad SMARTS) is 2. The van der Waals surface area contributed by atoms with Crippen LogP contribution in [-0.2, 0) is 52.5 Å². The Labute approximate surface area is 237 Å². The number of esters is 4. The molecule has 0 heterocycles. The van der Waals surface area contributed by atoms with E-state index in [1.807, 2.05) is 0 Å². The van der Waals surface area contributed by atoms with Gasteiger partial charge in [-0.3, -0.25) is 19.2 Å². The molecule has 2 aliphatic carbocycles. The van der Waals surface area contributed by atoms with Crippen molar-refractivity contribution in [2.45, 2.75) is 64.6 Å². The molecule has 0 saturated heterocycles. The Kier molecular flexibility index (Phi) is 13.0. The van der Waals surface area contributed by atoms with Gasteiger partial charge in [0.25, 0.3) is 0 Å². The Balaban J connectivity index is 1.86. The number of hydrogen-bond acceptors (Lipinski definition) is 11. The van der Waals surface area contributed by atoms with E-state index in [4.69, 9.17) is 23.7 Å². The minimum Gasteiger partial charge on any atom is -0.481 e. The molecule has 2 rings (SSSR count). The fourth-order valence-corrected chi connectivity index (χ4v) is 4.91. The summed E-state index contributed by atoms with van der Waals surface area (Å²) in [5, 5.41) is 19.5. The lowest BCUT2D eigenvalue weighted by atomic mass is 9.76. The molecule has 13 heteroatoms. The summed E-state index contributed by atoms with van der Waals surface area (Å²) in [6.45, 7) is 9.03. The van der Waals surface area contributed by atoms with E-state index in [2.05, 4.69) is 13.2 Å². The molecule has 0 aromatic heterocycles. The predicted molar refractivity (Wildman–Crippen MR) is 139 cm³/mol. The third kappa shape index (κ3) is 10.3. The lowest BCUT2D eigenvalue weighted by molar-refractivity contribution is -0.170. The highest BCUT2D eigenvalue weighted by Crippen LogP contribution is 2.38. The topological polar surface area (TPSA) is 189 Å². The minimum absolute atomic E-state index is 0.0301. The van der Waals surface area contributed by atoms with Gasteiger partial charge in [0, 0.05) is 11.1 Å². The Morgan fingerprint density at radius 2 is 0.927 bits per heavy atom. The third-order valence-electron chi connectivity index (χ3n) is 7.05. The Hall–Kier alpha value is -3.74. The summed E-state index contributed by atoms with van der Waals surface area (Å²) in [7, 11) is 0. The van der Waals surface area contributed by atoms with Crippen molar-refractivity contribution in [1.29, 1.82) is 0 Å². The van der Waals surface area contributed by atoms with E-state index in [1.54, 1.807) is 0 Å². The molecule has 0 bridgehead atoms. The summed E-state index contributed by atoms with van der Waals surface area (Å²) < 4.78 is 26.0. The molecule has 0 aliphatic heterocycles. The van der Waals surface area contributed by atoms with Crippen LogP contribution in [0.3, 0.4) is 0 Å². The van der Waals surface area contributed by atoms with Crippen molar-refractivity contribution in [2.75, 3.05) is 26.4 Å². The van der Waals surface area contributed by atoms with E-state index >= 15 is 0 Å². The van der Waals surface area contributed by atoms with Gasteiger partial charge in [-0.05, 0) is 52.4 Å². The van der Waals surface area contributed by atoms with Crippen molar-refractivity contribution in [1.82, 2.24) is 0 Å². The van der Waals surface area contributed by atoms with Gasteiger partial charge < -0.3 is 33.9 Å². The van der Waals surface area contributed by atoms with E-state index in [0.717, 1.165) is 0 Å². The third-order valence-corrected chi connectivity index (χ3v) is 7.05. The molecule has 0 amide bonds. The van der Waals surface area contributed by atoms with E-state index in [1.165, 1.54) is 13.8 Å². The smallest absolute Gasteiger partial charge is 0.333 e. The Morgan fingerprint density at radius 3 is 1.24 bits per heavy atom. The molecule has 13 nitrogen and oxygen atoms in total. The number of rotatable bonds is 14. The largest absolute Gasteiger partial charge is 0.481 e. The maximum atomic E-state index is 12.5. The molecule has 2 N–H and O–H groups in total. The summed E-state index contributed by atoms with van der Waals surface area (Å²) in [5.41, 5.74) is 0.394. The van der Waals surface area contributed by atoms with Crippen molar-refractivity contribution < 1.29 is 62.7 Å². The van der Waals surface area contributed by atoms with Crippen LogP contribution in [0, 0.1) is 23.7 Å². The van der Waals surface area contributed by atoms with Crippen LogP contribution in [0.4, 0.5) is 0 Å². The van der Waals surface area contributed by atoms with Gasteiger partial charge in [-0.1, -0.05) is 13.2 Å². The molecule has 41 heavy (non-hydrogen) atoms. The van der Waals surface area contributed by atoms with Crippen molar-refractivity contribution in [3.63, 3.8) is 0 Å². The fourth-order valence-electron chi connectivity index (χ4n) is 4.91. The van der Waals surface area contributed by atoms with Crippen LogP contribution in [0.1, 0.15) is 52.4 Å². The van der Waals surface area contributed by atoms with Gasteiger partial charge in [0.2, 0.25) is 0 Å². The average molecular weight is 583 g/mol. The summed E-state index contributed by atoms with van der Waals surface area (Å²) in [6, 6.07) is 0. The number of ether oxygens (including phenoxy) is 5. The van der Waals surface area contributed by atoms with Gasteiger partial charge in [-0.2, -0.15) is 0 Å². The van der Waals surface area contributed by atoms with Gasteiger partial charge in [-0.15, -0.1) is 0 Å². The Bertz CT molecular complexity index is 952. The van der Waals surface area contributed by atoms with Crippen molar-refractivity contribution in [3.05, 3.63) is 24.3 Å². The molecular weight excluding hydrogens is 544 g/mol. The fraction of sp³-hybridized carbons (Fsp3) is 0.643. The van der Waals surface area contributed by atoms with E-state index in [9.17, 15) is 39.0 Å². The molecule has 228 valence electrons. The number of carbonyl (C=O) groups excluding carboxylic acids is 4. The molecule has 0 aromatic rings. The maximum Gasteiger partial charge on any atom is 0.333 e. The first kappa shape index (κ1) is 33.5. The number of carboxylic acids is 2. The highest BCUT2D eigenvalue weighted by molar-refractivity contribution is 5.87. The normalized spacial score (nSPS) is 25.7. The van der Waals surface area contributed by atoms with Crippen LogP contribution >= 0.6 is 0 Å². The summed E-state index contributed by atoms with van der Waals surface area (Å²) in [6.07, 6.45) is 0.0984. The second kappa shape index (κ2) is 15.9. The SMILES string of the molecule is C=C(C)C(=O)OCCOC(=O)C1CCC(OC2CCC(C(=O)OCCOC(=O)C(=C)C)C(C(=O)O)C2)CC1C(=O)O. The van der Waals surface area contributed by atoms with Gasteiger partial charge in [0.05, 0.1) is 35.9 Å². The van der Waals surface area contributed by atoms with Crippen molar-refractivity contribution in [3.8, 4) is 0 Å². The van der Waals surface area contributed by atoms with Gasteiger partial charge in [0.1, 0.15) is 26.4 Å². The lowest BCUT2D eigenvalue weighted by Crippen LogP contribution is -2.43. The molecule has 2 saturated carbocycles. The number of aliphatic carboxylic acids is 2. The lowest BCUT2D eigenvalue weighted by Gasteiger charge is -2.37. The van der Waals surface area contributed by atoms with E-state index < -0.39 is 71.7 Å². The van der Waals surface area contributed by atoms with Crippen LogP contribution in [0.2, 0.25) is 0 Å². The first-order valence-electron chi connectivity index (χ1n) is 13.4. The van der Waals surface area contributed by atoms with Gasteiger partial charge in [0.15, 0.2) is 0 Å². The molecule has 2 aliphatic rings. The van der Waals surface area contributed by atoms with Gasteiger partial charge >= 0.3 is 35.8 Å². The number of carbonyl (C=O) groups is 6. The second-order valence-corrected chi connectivity index (χ2v) is 10.3. The van der Waals surface area contributed by atoms with Crippen LogP contribution in [-0.4, -0.2) is 84.7 Å². The molecule has 0 aromatic carbocycles. The average Bonchev–Trinajstić information content (AvgIpc) is 2.92. The van der Waals surface area contributed by atoms with E-state index in [-0.39, 0.29) is 63.3 Å². The number of hydrogen-bond donors (Lipinski definition) is 2. The molecule has 6 unspecified atom stereocenters. The summed E-state index contributed by atoms with van der Waals surface area (Å²) in [5.74, 6) is -8.98. The monoisotopic (exact) mass is 582 g/mol. The van der Waals surface area contributed by atoms with Crippen LogP contribution in [0.25, 0.3) is 0 Å². The first-order chi connectivity index (χ1) is 19.3. The zero-order valence-corrected chi connectivity index (χ0v) is 23.3. The first-order valence-corrected chi connectivity index (χ1v) is 13.4. The van der Waals surface area contributed by atoms with E-state index in [0.29, 0.717) is 12.8 Å². The Morgan fingerprint density at radius 1 is 0.585 bits per heavy atom. The zero-order valence-electron chi connectivity index (χ0n) is 23.3. The van der Waals surface area contributed by atoms with Crippen LogP contribution in [0.5, 0.6) is 0 Å². The predicted octanol–water partition coefficient (Wildman–Crippen LogP) is 2.07. The molecule has 0 radical (unpaired) electrons. The van der Waals surface area contributed by atoms with Gasteiger partial charge in [-0.25, -0.2) is 9.59 Å². The molecular formula is C28H38O13.